The molecule has 6 aliphatic rings. The van der Waals surface area contributed by atoms with E-state index in [0.29, 0.717) is 67.7 Å². The van der Waals surface area contributed by atoms with Crippen molar-refractivity contribution in [3.05, 3.63) is 42.6 Å². The first-order valence-corrected chi connectivity index (χ1v) is 22.4. The summed E-state index contributed by atoms with van der Waals surface area (Å²) in [7, 11) is -2.31. The molecule has 1 saturated heterocycles. The molecule has 0 spiro atoms. The highest BCUT2D eigenvalue weighted by atomic mass is 32.2. The van der Waals surface area contributed by atoms with Gasteiger partial charge in [-0.1, -0.05) is 44.2 Å². The highest BCUT2D eigenvalue weighted by Gasteiger charge is 2.62. The number of ether oxygens (including phenoxy) is 4. The number of carbonyl (C=O) groups excluding carboxylic acids is 4. The van der Waals surface area contributed by atoms with E-state index < -0.39 is 68.7 Å². The van der Waals surface area contributed by atoms with E-state index in [4.69, 9.17) is 18.9 Å². The van der Waals surface area contributed by atoms with Crippen molar-refractivity contribution in [2.45, 2.75) is 113 Å². The number of allylic oxidation sites excluding steroid dienone is 1. The minimum atomic E-state index is -3.90. The van der Waals surface area contributed by atoms with Crippen molar-refractivity contribution in [2.75, 3.05) is 26.9 Å². The Morgan fingerprint density at radius 1 is 0.983 bits per heavy atom. The van der Waals surface area contributed by atoms with Gasteiger partial charge in [0.05, 0.1) is 24.6 Å². The van der Waals surface area contributed by atoms with Gasteiger partial charge in [-0.05, 0) is 87.5 Å². The molecular formula is C42H55N5O10S. The largest absolute Gasteiger partial charge is 0.489 e. The van der Waals surface area contributed by atoms with E-state index >= 15 is 0 Å². The Morgan fingerprint density at radius 3 is 2.48 bits per heavy atom. The van der Waals surface area contributed by atoms with Gasteiger partial charge in [-0.2, -0.15) is 0 Å². The highest BCUT2D eigenvalue weighted by Crippen LogP contribution is 2.52. The molecule has 15 nitrogen and oxygen atoms in total. The molecule has 0 unspecified atom stereocenters. The number of hydrogen-bond donors (Lipinski definition) is 3. The Kier molecular flexibility index (Phi) is 11.3. The fourth-order valence-electron chi connectivity index (χ4n) is 9.31. The van der Waals surface area contributed by atoms with Crippen LogP contribution < -0.4 is 24.8 Å². The average molecular weight is 822 g/mol. The van der Waals surface area contributed by atoms with Crippen molar-refractivity contribution in [3.8, 4) is 11.6 Å². The lowest BCUT2D eigenvalue weighted by molar-refractivity contribution is -0.142. The Balaban J connectivity index is 1.09. The predicted molar refractivity (Wildman–Crippen MR) is 212 cm³/mol. The fraction of sp³-hybridized carbons (Fsp3) is 0.643. The summed E-state index contributed by atoms with van der Waals surface area (Å²) in [5.41, 5.74) is -1.51. The summed E-state index contributed by atoms with van der Waals surface area (Å²) < 4.78 is 51.5. The first-order valence-electron chi connectivity index (χ1n) is 20.8. The monoisotopic (exact) mass is 821 g/mol. The number of nitrogens with one attached hydrogen (secondary N) is 3. The van der Waals surface area contributed by atoms with Crippen molar-refractivity contribution < 1.29 is 46.5 Å². The Morgan fingerprint density at radius 2 is 1.74 bits per heavy atom. The number of aromatic nitrogens is 1. The molecule has 16 heteroatoms. The standard InChI is InChI=1S/C42H55N5O10S/c1-24-8-4-5-9-28-21-42(28,40(50)46-58(52,53)31-12-13-31)45-37(48)34-20-30(56-38-33-11-7-6-10-32(33)35(22-43-38)55-15-14-54-3)23-47(34)39(49)36(25(2)16-24)44-41(51)57-29-18-26-17-27(26)19-29/h5-7,9-11,22,24-31,34,36H,4,8,12-21,23H2,1-3H3,(H,44,51)(H,45,48)(H,46,50)/b9-5-/t24-,25-,26+,27+,28-,30-,34+,36+,42-/m1/s1. The van der Waals surface area contributed by atoms with Gasteiger partial charge in [-0.3, -0.25) is 19.1 Å². The number of nitrogens with zero attached hydrogens (tertiary/aromatic N) is 2. The van der Waals surface area contributed by atoms with Crippen LogP contribution in [-0.4, -0.2) is 104 Å². The van der Waals surface area contributed by atoms with E-state index in [9.17, 15) is 27.6 Å². The molecule has 3 N–H and O–H groups in total. The van der Waals surface area contributed by atoms with E-state index in [0.717, 1.165) is 24.6 Å². The van der Waals surface area contributed by atoms with Crippen LogP contribution in [0.2, 0.25) is 0 Å². The topological polar surface area (TPSA) is 192 Å². The second kappa shape index (κ2) is 16.3. The Labute approximate surface area is 339 Å². The smallest absolute Gasteiger partial charge is 0.408 e. The van der Waals surface area contributed by atoms with Gasteiger partial charge >= 0.3 is 6.09 Å². The quantitative estimate of drug-likeness (QED) is 0.219. The molecule has 0 bridgehead atoms. The second-order valence-electron chi connectivity index (χ2n) is 17.4. The second-order valence-corrected chi connectivity index (χ2v) is 19.4. The van der Waals surface area contributed by atoms with Gasteiger partial charge in [0.1, 0.15) is 42.2 Å². The molecule has 5 fully saturated rings. The molecule has 9 atom stereocenters. The molecule has 2 aliphatic heterocycles. The number of benzene rings is 1. The summed E-state index contributed by atoms with van der Waals surface area (Å²) in [6.45, 7) is 4.73. The molecule has 8 rings (SSSR count). The van der Waals surface area contributed by atoms with E-state index in [2.05, 4.69) is 27.3 Å². The number of pyridine rings is 1. The van der Waals surface area contributed by atoms with Crippen molar-refractivity contribution in [1.82, 2.24) is 25.2 Å². The number of hydrogen-bond acceptors (Lipinski definition) is 11. The Hall–Kier alpha value is -4.44. The number of fused-ring (bicyclic) bond motifs is 4. The summed E-state index contributed by atoms with van der Waals surface area (Å²) >= 11 is 0. The van der Waals surface area contributed by atoms with E-state index in [1.54, 1.807) is 13.3 Å². The molecule has 58 heavy (non-hydrogen) atoms. The fourth-order valence-corrected chi connectivity index (χ4v) is 10.7. The maximum Gasteiger partial charge on any atom is 0.408 e. The third-order valence-electron chi connectivity index (χ3n) is 12.9. The summed E-state index contributed by atoms with van der Waals surface area (Å²) in [5, 5.41) is 6.63. The molecule has 1 aromatic carbocycles. The predicted octanol–water partition coefficient (Wildman–Crippen LogP) is 4.00. The van der Waals surface area contributed by atoms with Crippen LogP contribution in [0, 0.1) is 29.6 Å². The highest BCUT2D eigenvalue weighted by molar-refractivity contribution is 7.91. The van der Waals surface area contributed by atoms with Gasteiger partial charge < -0.3 is 34.5 Å². The zero-order valence-corrected chi connectivity index (χ0v) is 34.2. The number of alkyl carbamates (subject to hydrolysis) is 1. The van der Waals surface area contributed by atoms with Crippen LogP contribution in [-0.2, 0) is 33.9 Å². The van der Waals surface area contributed by atoms with Crippen LogP contribution in [0.4, 0.5) is 4.79 Å². The lowest BCUT2D eigenvalue weighted by Gasteiger charge is -2.33. The number of amides is 4. The molecule has 314 valence electrons. The van der Waals surface area contributed by atoms with Crippen LogP contribution in [0.5, 0.6) is 11.6 Å². The molecule has 4 aliphatic carbocycles. The van der Waals surface area contributed by atoms with E-state index in [1.165, 1.54) is 11.3 Å². The lowest BCUT2D eigenvalue weighted by Crippen LogP contribution is -2.59. The number of carbonyl (C=O) groups is 4. The normalized spacial score (nSPS) is 33.1. The van der Waals surface area contributed by atoms with Crippen molar-refractivity contribution in [2.24, 2.45) is 29.6 Å². The van der Waals surface area contributed by atoms with Gasteiger partial charge in [-0.25, -0.2) is 18.2 Å². The molecule has 1 aromatic heterocycles. The minimum Gasteiger partial charge on any atom is -0.489 e. The maximum atomic E-state index is 14.9. The first kappa shape index (κ1) is 40.3. The number of sulfonamides is 1. The van der Waals surface area contributed by atoms with Gasteiger partial charge in [0.15, 0.2) is 0 Å². The van der Waals surface area contributed by atoms with E-state index in [1.807, 2.05) is 43.3 Å². The van der Waals surface area contributed by atoms with Crippen LogP contribution in [0.1, 0.15) is 78.1 Å². The third-order valence-corrected chi connectivity index (χ3v) is 14.7. The van der Waals surface area contributed by atoms with Crippen LogP contribution in [0.25, 0.3) is 10.8 Å². The number of methoxy groups -OCH3 is 1. The molecule has 4 saturated carbocycles. The molecule has 3 heterocycles. The average Bonchev–Trinajstić information content (AvgIpc) is 4.15. The summed E-state index contributed by atoms with van der Waals surface area (Å²) in [6.07, 6.45) is 9.98. The van der Waals surface area contributed by atoms with Crippen LogP contribution in [0.15, 0.2) is 42.6 Å². The Bertz CT molecular complexity index is 2050. The van der Waals surface area contributed by atoms with E-state index in [-0.39, 0.29) is 37.3 Å². The van der Waals surface area contributed by atoms with Gasteiger partial charge in [-0.15, -0.1) is 0 Å². The molecular weight excluding hydrogens is 767 g/mol. The van der Waals surface area contributed by atoms with Crippen molar-refractivity contribution in [3.63, 3.8) is 0 Å². The summed E-state index contributed by atoms with van der Waals surface area (Å²) in [5.74, 6) is -0.412. The molecule has 0 radical (unpaired) electrons. The van der Waals surface area contributed by atoms with Gasteiger partial charge in [0.2, 0.25) is 27.7 Å². The zero-order valence-electron chi connectivity index (χ0n) is 33.4. The van der Waals surface area contributed by atoms with Crippen LogP contribution >= 0.6 is 0 Å². The lowest BCUT2D eigenvalue weighted by atomic mass is 9.88. The zero-order chi connectivity index (χ0) is 40.8. The summed E-state index contributed by atoms with van der Waals surface area (Å²) in [4.78, 5) is 62.8. The molecule has 4 amide bonds. The van der Waals surface area contributed by atoms with Crippen molar-refractivity contribution in [1.29, 1.82) is 0 Å². The SMILES string of the molecule is COCCOc1cnc(O[C@@H]2C[C@H]3C(=O)N[C@]4(C(=O)NS(=O)(=O)C5CC5)C[C@H]4/C=C\CC[C@@H](C)C[C@@H](C)[C@H](NC(=O)OC4C[C@@H]5C[C@H]5C4)C(=O)N3C2)c2ccccc12. The van der Waals surface area contributed by atoms with Gasteiger partial charge in [0.25, 0.3) is 5.91 Å². The summed E-state index contributed by atoms with van der Waals surface area (Å²) in [6, 6.07) is 5.34. The third kappa shape index (κ3) is 8.63. The first-order chi connectivity index (χ1) is 27.8. The van der Waals surface area contributed by atoms with Crippen molar-refractivity contribution >= 4 is 44.6 Å². The molecule has 2 aromatic rings. The van der Waals surface area contributed by atoms with Crippen LogP contribution in [0.3, 0.4) is 0 Å². The minimum absolute atomic E-state index is 0.0148. The number of rotatable bonds is 11. The maximum absolute atomic E-state index is 14.9. The van der Waals surface area contributed by atoms with Gasteiger partial charge in [0, 0.05) is 30.2 Å².